The van der Waals surface area contributed by atoms with Gasteiger partial charge in [0.1, 0.15) is 11.6 Å². The van der Waals surface area contributed by atoms with Crippen LogP contribution in [0, 0.1) is 17.2 Å². The molecule has 34 heavy (non-hydrogen) atoms. The van der Waals surface area contributed by atoms with Crippen molar-refractivity contribution in [3.05, 3.63) is 60.0 Å². The number of nitrogens with zero attached hydrogens (tertiary/aromatic N) is 4. The van der Waals surface area contributed by atoms with Crippen LogP contribution in [0.2, 0.25) is 0 Å². The lowest BCUT2D eigenvalue weighted by molar-refractivity contribution is -0.137. The van der Waals surface area contributed by atoms with E-state index >= 15 is 0 Å². The standard InChI is InChI=1S/C25H26N4O4S/c26-17-20-5-1-4-8-23(20)34(31,32)29-15-11-19(12-16-29)25(30)28-13-9-18(10-14-28)24-27-21-6-2-3-7-22(21)33-24/h1-8,18-19H,9-16H2. The van der Waals surface area contributed by atoms with Gasteiger partial charge in [-0.1, -0.05) is 24.3 Å². The quantitative estimate of drug-likeness (QED) is 0.568. The summed E-state index contributed by atoms with van der Waals surface area (Å²) in [7, 11) is -3.76. The van der Waals surface area contributed by atoms with Crippen LogP contribution in [0.5, 0.6) is 0 Å². The Labute approximate surface area is 198 Å². The van der Waals surface area contributed by atoms with Gasteiger partial charge in [-0.3, -0.25) is 4.79 Å². The Morgan fingerprint density at radius 2 is 1.65 bits per heavy atom. The minimum atomic E-state index is -3.76. The van der Waals surface area contributed by atoms with Crippen molar-refractivity contribution in [3.63, 3.8) is 0 Å². The first-order chi connectivity index (χ1) is 16.5. The number of hydrogen-bond acceptors (Lipinski definition) is 6. The fourth-order valence-electron chi connectivity index (χ4n) is 4.94. The zero-order chi connectivity index (χ0) is 23.7. The molecular formula is C25H26N4O4S. The van der Waals surface area contributed by atoms with Crippen LogP contribution in [0.3, 0.4) is 0 Å². The van der Waals surface area contributed by atoms with Crippen molar-refractivity contribution in [1.82, 2.24) is 14.2 Å². The van der Waals surface area contributed by atoms with Gasteiger partial charge in [-0.25, -0.2) is 13.4 Å². The Morgan fingerprint density at radius 3 is 2.35 bits per heavy atom. The average molecular weight is 479 g/mol. The third-order valence-electron chi connectivity index (χ3n) is 6.89. The van der Waals surface area contributed by atoms with Gasteiger partial charge in [-0.2, -0.15) is 9.57 Å². The number of carbonyl (C=O) groups is 1. The molecule has 1 amide bonds. The van der Waals surface area contributed by atoms with Crippen LogP contribution >= 0.6 is 0 Å². The molecule has 2 aromatic carbocycles. The molecule has 9 heteroatoms. The minimum Gasteiger partial charge on any atom is -0.440 e. The maximum Gasteiger partial charge on any atom is 0.244 e. The van der Waals surface area contributed by atoms with E-state index in [-0.39, 0.29) is 41.3 Å². The lowest BCUT2D eigenvalue weighted by atomic mass is 9.92. The summed E-state index contributed by atoms with van der Waals surface area (Å²) in [5, 5.41) is 9.27. The molecule has 0 atom stereocenters. The number of rotatable bonds is 4. The van der Waals surface area contributed by atoms with E-state index in [2.05, 4.69) is 4.98 Å². The summed E-state index contributed by atoms with van der Waals surface area (Å²) in [5.74, 6) is 0.858. The summed E-state index contributed by atoms with van der Waals surface area (Å²) in [6.45, 7) is 1.85. The van der Waals surface area contributed by atoms with Crippen molar-refractivity contribution in [2.24, 2.45) is 5.92 Å². The van der Waals surface area contributed by atoms with E-state index in [1.165, 1.54) is 16.4 Å². The predicted molar refractivity (Wildman–Crippen MR) is 125 cm³/mol. The maximum atomic E-state index is 13.1. The smallest absolute Gasteiger partial charge is 0.244 e. The van der Waals surface area contributed by atoms with E-state index in [4.69, 9.17) is 4.42 Å². The first kappa shape index (κ1) is 22.6. The molecule has 0 bridgehead atoms. The highest BCUT2D eigenvalue weighted by Gasteiger charge is 2.36. The van der Waals surface area contributed by atoms with Gasteiger partial charge in [0.25, 0.3) is 0 Å². The van der Waals surface area contributed by atoms with Crippen LogP contribution in [0.1, 0.15) is 43.1 Å². The van der Waals surface area contributed by atoms with Crippen molar-refractivity contribution in [1.29, 1.82) is 5.26 Å². The first-order valence-electron chi connectivity index (χ1n) is 11.6. The van der Waals surface area contributed by atoms with Crippen molar-refractivity contribution in [2.75, 3.05) is 26.2 Å². The summed E-state index contributed by atoms with van der Waals surface area (Å²) in [6.07, 6.45) is 2.57. The van der Waals surface area contributed by atoms with Gasteiger partial charge in [-0.05, 0) is 49.9 Å². The second-order valence-corrected chi connectivity index (χ2v) is 10.8. The number of carbonyl (C=O) groups excluding carboxylic acids is 1. The Balaban J connectivity index is 1.18. The molecule has 2 aliphatic rings. The van der Waals surface area contributed by atoms with Crippen molar-refractivity contribution < 1.29 is 17.6 Å². The molecule has 3 heterocycles. The minimum absolute atomic E-state index is 0.0311. The molecule has 2 saturated heterocycles. The fraction of sp³-hybridized carbons (Fsp3) is 0.400. The zero-order valence-electron chi connectivity index (χ0n) is 18.8. The van der Waals surface area contributed by atoms with Gasteiger partial charge in [0.15, 0.2) is 11.5 Å². The van der Waals surface area contributed by atoms with E-state index < -0.39 is 10.0 Å². The molecule has 3 aromatic rings. The number of fused-ring (bicyclic) bond motifs is 1. The number of benzene rings is 2. The normalized spacial score (nSPS) is 18.7. The van der Waals surface area contributed by atoms with E-state index in [1.807, 2.05) is 35.2 Å². The zero-order valence-corrected chi connectivity index (χ0v) is 19.6. The topological polar surface area (TPSA) is 108 Å². The van der Waals surface area contributed by atoms with E-state index in [0.717, 1.165) is 29.8 Å². The summed E-state index contributed by atoms with van der Waals surface area (Å²) in [5.41, 5.74) is 1.78. The Morgan fingerprint density at radius 1 is 0.971 bits per heavy atom. The molecular weight excluding hydrogens is 452 g/mol. The second-order valence-electron chi connectivity index (χ2n) is 8.91. The van der Waals surface area contributed by atoms with Crippen LogP contribution < -0.4 is 0 Å². The molecule has 0 radical (unpaired) electrons. The molecule has 2 fully saturated rings. The van der Waals surface area contributed by atoms with Crippen LogP contribution in [0.15, 0.2) is 57.8 Å². The van der Waals surface area contributed by atoms with Crippen LogP contribution in [-0.4, -0.2) is 54.7 Å². The number of hydrogen-bond donors (Lipinski definition) is 0. The number of piperidine rings is 2. The van der Waals surface area contributed by atoms with E-state index in [9.17, 15) is 18.5 Å². The molecule has 1 aromatic heterocycles. The summed E-state index contributed by atoms with van der Waals surface area (Å²) < 4.78 is 33.4. The summed E-state index contributed by atoms with van der Waals surface area (Å²) in [4.78, 5) is 19.7. The van der Waals surface area contributed by atoms with Crippen LogP contribution in [-0.2, 0) is 14.8 Å². The van der Waals surface area contributed by atoms with E-state index in [1.54, 1.807) is 12.1 Å². The van der Waals surface area contributed by atoms with Gasteiger partial charge in [0.05, 0.1) is 10.5 Å². The number of likely N-dealkylation sites (tertiary alicyclic amines) is 1. The monoisotopic (exact) mass is 478 g/mol. The van der Waals surface area contributed by atoms with Crippen molar-refractivity contribution in [2.45, 2.75) is 36.5 Å². The SMILES string of the molecule is N#Cc1ccccc1S(=O)(=O)N1CCC(C(=O)N2CCC(c3nc4ccccc4o3)CC2)CC1. The second kappa shape index (κ2) is 9.20. The molecule has 2 aliphatic heterocycles. The van der Waals surface area contributed by atoms with E-state index in [0.29, 0.717) is 25.9 Å². The summed E-state index contributed by atoms with van der Waals surface area (Å²) in [6, 6.07) is 15.9. The average Bonchev–Trinajstić information content (AvgIpc) is 3.33. The Kier molecular flexibility index (Phi) is 6.11. The van der Waals surface area contributed by atoms with Gasteiger partial charge in [-0.15, -0.1) is 0 Å². The Bertz CT molecular complexity index is 1310. The number of aromatic nitrogens is 1. The van der Waals surface area contributed by atoms with Gasteiger partial charge in [0, 0.05) is 38.0 Å². The number of nitriles is 1. The molecule has 8 nitrogen and oxygen atoms in total. The van der Waals surface area contributed by atoms with Crippen LogP contribution in [0.25, 0.3) is 11.1 Å². The molecule has 0 saturated carbocycles. The third-order valence-corrected chi connectivity index (χ3v) is 8.85. The fourth-order valence-corrected chi connectivity index (χ4v) is 6.55. The van der Waals surface area contributed by atoms with Crippen molar-refractivity contribution >= 4 is 27.0 Å². The maximum absolute atomic E-state index is 13.1. The lowest BCUT2D eigenvalue weighted by Crippen LogP contribution is -2.46. The third kappa shape index (κ3) is 4.19. The largest absolute Gasteiger partial charge is 0.440 e. The predicted octanol–water partition coefficient (Wildman–Crippen LogP) is 3.51. The number of sulfonamides is 1. The molecule has 0 unspecified atom stereocenters. The number of amides is 1. The first-order valence-corrected chi connectivity index (χ1v) is 13.0. The molecule has 176 valence electrons. The summed E-state index contributed by atoms with van der Waals surface area (Å²) >= 11 is 0. The number of para-hydroxylation sites is 2. The van der Waals surface area contributed by atoms with Crippen LogP contribution in [0.4, 0.5) is 0 Å². The molecule has 5 rings (SSSR count). The lowest BCUT2D eigenvalue weighted by Gasteiger charge is -2.36. The molecule has 0 spiro atoms. The van der Waals surface area contributed by atoms with Gasteiger partial charge >= 0.3 is 0 Å². The van der Waals surface area contributed by atoms with Gasteiger partial charge < -0.3 is 9.32 Å². The van der Waals surface area contributed by atoms with Gasteiger partial charge in [0.2, 0.25) is 15.9 Å². The highest BCUT2D eigenvalue weighted by molar-refractivity contribution is 7.89. The van der Waals surface area contributed by atoms with Crippen molar-refractivity contribution in [3.8, 4) is 6.07 Å². The molecule has 0 aliphatic carbocycles. The highest BCUT2D eigenvalue weighted by Crippen LogP contribution is 2.32. The number of oxazole rings is 1. The Hall–Kier alpha value is -3.22. The molecule has 0 N–H and O–H groups in total. The highest BCUT2D eigenvalue weighted by atomic mass is 32.2.